The van der Waals surface area contributed by atoms with Crippen LogP contribution in [-0.4, -0.2) is 36.6 Å². The number of nitrogens with one attached hydrogen (secondary N) is 1. The summed E-state index contributed by atoms with van der Waals surface area (Å²) in [4.78, 5) is 13.2. The molecule has 1 aliphatic rings. The van der Waals surface area contributed by atoms with Crippen LogP contribution in [0.5, 0.6) is 0 Å². The predicted octanol–water partition coefficient (Wildman–Crippen LogP) is -0.887. The molecule has 0 aromatic rings. The maximum absolute atomic E-state index is 11.3. The molecular formula is C7H15N3O. The summed E-state index contributed by atoms with van der Waals surface area (Å²) in [6.45, 7) is 3.31. The molecule has 1 atom stereocenters. The number of amides is 1. The molecule has 1 amide bonds. The van der Waals surface area contributed by atoms with Crippen molar-refractivity contribution in [3.05, 3.63) is 0 Å². The van der Waals surface area contributed by atoms with E-state index in [0.29, 0.717) is 6.67 Å². The Kier molecular flexibility index (Phi) is 2.15. The maximum Gasteiger partial charge on any atom is 0.240 e. The van der Waals surface area contributed by atoms with E-state index < -0.39 is 0 Å². The van der Waals surface area contributed by atoms with E-state index in [1.807, 2.05) is 11.8 Å². The van der Waals surface area contributed by atoms with Crippen LogP contribution in [0.3, 0.4) is 0 Å². The number of hydrogen-bond acceptors (Lipinski definition) is 3. The van der Waals surface area contributed by atoms with Gasteiger partial charge in [0, 0.05) is 20.3 Å². The molecule has 0 saturated carbocycles. The van der Waals surface area contributed by atoms with Crippen LogP contribution in [0, 0.1) is 0 Å². The highest BCUT2D eigenvalue weighted by atomic mass is 16.2. The molecule has 0 bridgehead atoms. The third kappa shape index (κ3) is 1.12. The average Bonchev–Trinajstić information content (AvgIpc) is 2.00. The van der Waals surface area contributed by atoms with Crippen molar-refractivity contribution < 1.29 is 4.79 Å². The van der Waals surface area contributed by atoms with Crippen molar-refractivity contribution in [2.45, 2.75) is 18.9 Å². The van der Waals surface area contributed by atoms with Crippen molar-refractivity contribution in [2.24, 2.45) is 5.73 Å². The predicted molar refractivity (Wildman–Crippen MR) is 42.8 cm³/mol. The molecule has 11 heavy (non-hydrogen) atoms. The first-order valence-electron chi connectivity index (χ1n) is 3.82. The molecular weight excluding hydrogens is 142 g/mol. The number of likely N-dealkylation sites (N-methyl/N-ethyl adjacent to an activating group) is 1. The summed E-state index contributed by atoms with van der Waals surface area (Å²) in [5, 5.41) is 2.64. The van der Waals surface area contributed by atoms with E-state index in [4.69, 9.17) is 5.73 Å². The van der Waals surface area contributed by atoms with Gasteiger partial charge >= 0.3 is 0 Å². The highest BCUT2D eigenvalue weighted by Crippen LogP contribution is 2.28. The molecule has 3 N–H and O–H groups in total. The summed E-state index contributed by atoms with van der Waals surface area (Å²) in [5.41, 5.74) is 5.10. The van der Waals surface area contributed by atoms with Gasteiger partial charge in [0.15, 0.2) is 0 Å². The summed E-state index contributed by atoms with van der Waals surface area (Å²) in [6, 6.07) is 0. The maximum atomic E-state index is 11.3. The van der Waals surface area contributed by atoms with Crippen LogP contribution in [0.25, 0.3) is 0 Å². The van der Waals surface area contributed by atoms with Gasteiger partial charge in [-0.15, -0.1) is 0 Å². The van der Waals surface area contributed by atoms with Crippen molar-refractivity contribution in [2.75, 3.05) is 20.3 Å². The van der Waals surface area contributed by atoms with Gasteiger partial charge in [-0.2, -0.15) is 0 Å². The summed E-state index contributed by atoms with van der Waals surface area (Å²) in [7, 11) is 1.65. The van der Waals surface area contributed by atoms with Crippen molar-refractivity contribution in [3.8, 4) is 0 Å². The quantitative estimate of drug-likeness (QED) is 0.547. The second-order valence-electron chi connectivity index (χ2n) is 3.05. The number of likely N-dealkylation sites (tertiary alicyclic amines) is 1. The fourth-order valence-corrected chi connectivity index (χ4v) is 1.42. The van der Waals surface area contributed by atoms with Crippen molar-refractivity contribution in [1.82, 2.24) is 10.2 Å². The second-order valence-corrected chi connectivity index (χ2v) is 3.05. The highest BCUT2D eigenvalue weighted by molar-refractivity contribution is 5.86. The minimum absolute atomic E-state index is 0.0641. The Morgan fingerprint density at radius 1 is 1.82 bits per heavy atom. The van der Waals surface area contributed by atoms with Gasteiger partial charge in [0.2, 0.25) is 5.91 Å². The molecule has 0 spiro atoms. The average molecular weight is 157 g/mol. The summed E-state index contributed by atoms with van der Waals surface area (Å²) < 4.78 is 0. The van der Waals surface area contributed by atoms with Gasteiger partial charge in [0.25, 0.3) is 0 Å². The monoisotopic (exact) mass is 157 g/mol. The van der Waals surface area contributed by atoms with E-state index in [-0.39, 0.29) is 11.4 Å². The molecule has 1 saturated heterocycles. The highest BCUT2D eigenvalue weighted by Gasteiger charge is 2.45. The minimum Gasteiger partial charge on any atom is -0.358 e. The van der Waals surface area contributed by atoms with Crippen LogP contribution in [-0.2, 0) is 4.79 Å². The molecule has 64 valence electrons. The standard InChI is InChI=1S/C7H15N3O/c1-7(6(11)9-2)3-4-10(7)5-8/h3-5,8H2,1-2H3,(H,9,11). The zero-order chi connectivity index (χ0) is 8.48. The molecule has 4 heteroatoms. The number of carbonyl (C=O) groups is 1. The number of nitrogens with zero attached hydrogens (tertiary/aromatic N) is 1. The van der Waals surface area contributed by atoms with Crippen LogP contribution < -0.4 is 11.1 Å². The topological polar surface area (TPSA) is 58.4 Å². The molecule has 1 unspecified atom stereocenters. The molecule has 0 aromatic carbocycles. The van der Waals surface area contributed by atoms with Crippen LogP contribution in [0.4, 0.5) is 0 Å². The minimum atomic E-state index is -0.344. The lowest BCUT2D eigenvalue weighted by Crippen LogP contribution is -2.66. The van der Waals surface area contributed by atoms with E-state index in [9.17, 15) is 4.79 Å². The lowest BCUT2D eigenvalue weighted by molar-refractivity contribution is -0.140. The molecule has 1 aliphatic heterocycles. The Hall–Kier alpha value is -0.610. The van der Waals surface area contributed by atoms with Gasteiger partial charge in [-0.05, 0) is 13.3 Å². The smallest absolute Gasteiger partial charge is 0.240 e. The third-order valence-corrected chi connectivity index (χ3v) is 2.50. The number of rotatable bonds is 2. The fourth-order valence-electron chi connectivity index (χ4n) is 1.42. The van der Waals surface area contributed by atoms with Crippen molar-refractivity contribution in [3.63, 3.8) is 0 Å². The lowest BCUT2D eigenvalue weighted by Gasteiger charge is -2.48. The molecule has 0 radical (unpaired) electrons. The van der Waals surface area contributed by atoms with Crippen LogP contribution in [0.2, 0.25) is 0 Å². The van der Waals surface area contributed by atoms with Crippen LogP contribution >= 0.6 is 0 Å². The van der Waals surface area contributed by atoms with Crippen LogP contribution in [0.15, 0.2) is 0 Å². The first kappa shape index (κ1) is 8.49. The second kappa shape index (κ2) is 2.79. The Bertz CT molecular complexity index is 169. The normalized spacial score (nSPS) is 31.2. The molecule has 4 nitrogen and oxygen atoms in total. The van der Waals surface area contributed by atoms with E-state index >= 15 is 0 Å². The molecule has 0 aliphatic carbocycles. The number of carbonyl (C=O) groups excluding carboxylic acids is 1. The Balaban J connectivity index is 2.60. The lowest BCUT2D eigenvalue weighted by atomic mass is 9.86. The molecule has 1 heterocycles. The summed E-state index contributed by atoms with van der Waals surface area (Å²) in [5.74, 6) is 0.0641. The van der Waals surface area contributed by atoms with Gasteiger partial charge in [-0.3, -0.25) is 9.69 Å². The van der Waals surface area contributed by atoms with Gasteiger partial charge < -0.3 is 11.1 Å². The Morgan fingerprint density at radius 3 is 2.73 bits per heavy atom. The van der Waals surface area contributed by atoms with Crippen molar-refractivity contribution in [1.29, 1.82) is 0 Å². The van der Waals surface area contributed by atoms with Gasteiger partial charge in [0.05, 0.1) is 5.54 Å². The van der Waals surface area contributed by atoms with E-state index in [1.54, 1.807) is 7.05 Å². The summed E-state index contributed by atoms with van der Waals surface area (Å²) in [6.07, 6.45) is 0.907. The van der Waals surface area contributed by atoms with Gasteiger partial charge in [-0.1, -0.05) is 0 Å². The van der Waals surface area contributed by atoms with Gasteiger partial charge in [-0.25, -0.2) is 0 Å². The number of nitrogens with two attached hydrogens (primary N) is 1. The van der Waals surface area contributed by atoms with Gasteiger partial charge in [0.1, 0.15) is 0 Å². The number of hydrogen-bond donors (Lipinski definition) is 2. The zero-order valence-corrected chi connectivity index (χ0v) is 7.05. The largest absolute Gasteiger partial charge is 0.358 e. The zero-order valence-electron chi connectivity index (χ0n) is 7.05. The Morgan fingerprint density at radius 2 is 2.45 bits per heavy atom. The first-order valence-corrected chi connectivity index (χ1v) is 3.82. The van der Waals surface area contributed by atoms with E-state index in [1.165, 1.54) is 0 Å². The fraction of sp³-hybridized carbons (Fsp3) is 0.857. The van der Waals surface area contributed by atoms with E-state index in [0.717, 1.165) is 13.0 Å². The van der Waals surface area contributed by atoms with E-state index in [2.05, 4.69) is 5.32 Å². The van der Waals surface area contributed by atoms with Crippen LogP contribution in [0.1, 0.15) is 13.3 Å². The molecule has 1 rings (SSSR count). The molecule has 0 aromatic heterocycles. The first-order chi connectivity index (χ1) is 5.15. The molecule has 1 fully saturated rings. The Labute approximate surface area is 66.7 Å². The third-order valence-electron chi connectivity index (χ3n) is 2.50. The SMILES string of the molecule is CNC(=O)C1(C)CCN1CN. The summed E-state index contributed by atoms with van der Waals surface area (Å²) >= 11 is 0. The van der Waals surface area contributed by atoms with Crippen molar-refractivity contribution >= 4 is 5.91 Å².